The SMILES string of the molecule is COCC[Si](C)(CCOC)OC. The Hall–Kier alpha value is 0.0969. The maximum absolute atomic E-state index is 5.52. The van der Waals surface area contributed by atoms with Crippen LogP contribution in [0.4, 0.5) is 0 Å². The maximum atomic E-state index is 5.52. The molecule has 0 saturated heterocycles. The van der Waals surface area contributed by atoms with Gasteiger partial charge >= 0.3 is 0 Å². The van der Waals surface area contributed by atoms with E-state index in [4.69, 9.17) is 13.9 Å². The monoisotopic (exact) mass is 192 g/mol. The second kappa shape index (κ2) is 6.60. The number of hydrogen-bond donors (Lipinski definition) is 0. The molecular formula is C8H20O3Si. The third-order valence-electron chi connectivity index (χ3n) is 2.16. The van der Waals surface area contributed by atoms with Crippen molar-refractivity contribution in [1.29, 1.82) is 0 Å². The molecule has 0 heterocycles. The highest BCUT2D eigenvalue weighted by Crippen LogP contribution is 2.15. The topological polar surface area (TPSA) is 27.7 Å². The van der Waals surface area contributed by atoms with E-state index < -0.39 is 8.32 Å². The van der Waals surface area contributed by atoms with Crippen molar-refractivity contribution in [1.82, 2.24) is 0 Å². The summed E-state index contributed by atoms with van der Waals surface area (Å²) in [4.78, 5) is 0. The highest BCUT2D eigenvalue weighted by molar-refractivity contribution is 6.72. The van der Waals surface area contributed by atoms with Gasteiger partial charge in [0.2, 0.25) is 0 Å². The fourth-order valence-electron chi connectivity index (χ4n) is 0.965. The lowest BCUT2D eigenvalue weighted by Gasteiger charge is -2.24. The molecule has 0 aromatic heterocycles. The van der Waals surface area contributed by atoms with E-state index in [0.717, 1.165) is 25.3 Å². The van der Waals surface area contributed by atoms with Gasteiger partial charge in [-0.05, 0) is 18.6 Å². The molecule has 0 radical (unpaired) electrons. The summed E-state index contributed by atoms with van der Waals surface area (Å²) in [5.74, 6) is 0. The summed E-state index contributed by atoms with van der Waals surface area (Å²) >= 11 is 0. The lowest BCUT2D eigenvalue weighted by atomic mass is 10.8. The second-order valence-corrected chi connectivity index (χ2v) is 7.45. The minimum absolute atomic E-state index is 0.792. The van der Waals surface area contributed by atoms with E-state index in [1.165, 1.54) is 0 Å². The highest BCUT2D eigenvalue weighted by Gasteiger charge is 2.26. The molecular weight excluding hydrogens is 172 g/mol. The van der Waals surface area contributed by atoms with Crippen LogP contribution in [-0.2, 0) is 13.9 Å². The molecule has 0 spiro atoms. The lowest BCUT2D eigenvalue weighted by molar-refractivity contribution is 0.199. The minimum Gasteiger partial charge on any atom is -0.420 e. The molecule has 0 rings (SSSR count). The zero-order valence-corrected chi connectivity index (χ0v) is 9.55. The standard InChI is InChI=1S/C8H20O3Si/c1-9-5-7-12(4,11-3)8-6-10-2/h5-8H2,1-4H3. The van der Waals surface area contributed by atoms with E-state index in [1.54, 1.807) is 21.3 Å². The Balaban J connectivity index is 3.70. The summed E-state index contributed by atoms with van der Waals surface area (Å²) < 4.78 is 15.6. The quantitative estimate of drug-likeness (QED) is 0.572. The fraction of sp³-hybridized carbons (Fsp3) is 1.00. The first-order chi connectivity index (χ1) is 5.68. The van der Waals surface area contributed by atoms with Crippen LogP contribution in [0.2, 0.25) is 18.6 Å². The van der Waals surface area contributed by atoms with E-state index in [2.05, 4.69) is 6.55 Å². The van der Waals surface area contributed by atoms with Crippen molar-refractivity contribution in [2.75, 3.05) is 34.5 Å². The van der Waals surface area contributed by atoms with Crippen LogP contribution in [-0.4, -0.2) is 42.9 Å². The average molecular weight is 192 g/mol. The van der Waals surface area contributed by atoms with Crippen molar-refractivity contribution < 1.29 is 13.9 Å². The molecule has 0 aliphatic carbocycles. The van der Waals surface area contributed by atoms with Gasteiger partial charge in [-0.25, -0.2) is 0 Å². The van der Waals surface area contributed by atoms with Crippen LogP contribution in [0.15, 0.2) is 0 Å². The molecule has 0 atom stereocenters. The van der Waals surface area contributed by atoms with Crippen LogP contribution in [0.25, 0.3) is 0 Å². The summed E-state index contributed by atoms with van der Waals surface area (Å²) in [6, 6.07) is 2.09. The molecule has 0 N–H and O–H groups in total. The number of methoxy groups -OCH3 is 2. The lowest BCUT2D eigenvalue weighted by Crippen LogP contribution is -2.35. The predicted octanol–water partition coefficient (Wildman–Crippen LogP) is 1.50. The Morgan fingerprint density at radius 3 is 1.58 bits per heavy atom. The summed E-state index contributed by atoms with van der Waals surface area (Å²) in [7, 11) is 3.72. The third kappa shape index (κ3) is 4.87. The van der Waals surface area contributed by atoms with Crippen molar-refractivity contribution in [2.45, 2.75) is 18.6 Å². The Kier molecular flexibility index (Phi) is 6.65. The fourth-order valence-corrected chi connectivity index (χ4v) is 2.90. The average Bonchev–Trinajstić information content (AvgIpc) is 2.11. The molecule has 0 bridgehead atoms. The first-order valence-electron chi connectivity index (χ1n) is 4.21. The predicted molar refractivity (Wildman–Crippen MR) is 52.0 cm³/mol. The van der Waals surface area contributed by atoms with Gasteiger partial charge in [-0.1, -0.05) is 0 Å². The second-order valence-electron chi connectivity index (χ2n) is 3.14. The first kappa shape index (κ1) is 12.1. The Morgan fingerprint density at radius 1 is 0.917 bits per heavy atom. The third-order valence-corrected chi connectivity index (χ3v) is 5.67. The first-order valence-corrected chi connectivity index (χ1v) is 7.04. The molecule has 0 unspecified atom stereocenters. The summed E-state index contributed by atoms with van der Waals surface area (Å²) in [5.41, 5.74) is 0. The summed E-state index contributed by atoms with van der Waals surface area (Å²) in [6.45, 7) is 3.80. The van der Waals surface area contributed by atoms with Gasteiger partial charge in [-0.2, -0.15) is 0 Å². The van der Waals surface area contributed by atoms with E-state index in [1.807, 2.05) is 0 Å². The summed E-state index contributed by atoms with van der Waals surface area (Å²) in [6.07, 6.45) is 0. The molecule has 0 aliphatic rings. The van der Waals surface area contributed by atoms with E-state index in [-0.39, 0.29) is 0 Å². The largest absolute Gasteiger partial charge is 0.420 e. The summed E-state index contributed by atoms with van der Waals surface area (Å²) in [5, 5.41) is 0. The van der Waals surface area contributed by atoms with Crippen molar-refractivity contribution in [3.05, 3.63) is 0 Å². The van der Waals surface area contributed by atoms with Crippen molar-refractivity contribution >= 4 is 8.32 Å². The molecule has 0 fully saturated rings. The molecule has 0 saturated carbocycles. The van der Waals surface area contributed by atoms with Gasteiger partial charge < -0.3 is 13.9 Å². The normalized spacial score (nSPS) is 12.0. The molecule has 0 amide bonds. The van der Waals surface area contributed by atoms with E-state index in [9.17, 15) is 0 Å². The van der Waals surface area contributed by atoms with Gasteiger partial charge in [0, 0.05) is 34.5 Å². The minimum atomic E-state index is -1.52. The maximum Gasteiger partial charge on any atom is 0.193 e. The zero-order valence-electron chi connectivity index (χ0n) is 8.55. The molecule has 0 aromatic rings. The van der Waals surface area contributed by atoms with Gasteiger partial charge in [0.05, 0.1) is 0 Å². The van der Waals surface area contributed by atoms with E-state index >= 15 is 0 Å². The molecule has 0 aromatic carbocycles. The van der Waals surface area contributed by atoms with Crippen LogP contribution in [0.5, 0.6) is 0 Å². The van der Waals surface area contributed by atoms with Crippen molar-refractivity contribution in [3.63, 3.8) is 0 Å². The molecule has 0 aliphatic heterocycles. The van der Waals surface area contributed by atoms with Crippen LogP contribution in [0.3, 0.4) is 0 Å². The molecule has 74 valence electrons. The van der Waals surface area contributed by atoms with Crippen LogP contribution < -0.4 is 0 Å². The molecule has 3 nitrogen and oxygen atoms in total. The number of rotatable bonds is 7. The van der Waals surface area contributed by atoms with Gasteiger partial charge in [-0.15, -0.1) is 0 Å². The van der Waals surface area contributed by atoms with Gasteiger partial charge in [0.1, 0.15) is 0 Å². The smallest absolute Gasteiger partial charge is 0.193 e. The van der Waals surface area contributed by atoms with Gasteiger partial charge in [0.15, 0.2) is 8.32 Å². The Bertz CT molecular complexity index is 100. The number of hydrogen-bond acceptors (Lipinski definition) is 3. The van der Waals surface area contributed by atoms with Crippen LogP contribution >= 0.6 is 0 Å². The Morgan fingerprint density at radius 2 is 1.33 bits per heavy atom. The van der Waals surface area contributed by atoms with E-state index in [0.29, 0.717) is 0 Å². The zero-order chi connectivity index (χ0) is 9.45. The Labute approximate surface area is 76.1 Å². The van der Waals surface area contributed by atoms with Crippen LogP contribution in [0.1, 0.15) is 0 Å². The van der Waals surface area contributed by atoms with Gasteiger partial charge in [0.25, 0.3) is 0 Å². The van der Waals surface area contributed by atoms with Crippen molar-refractivity contribution in [3.8, 4) is 0 Å². The molecule has 12 heavy (non-hydrogen) atoms. The van der Waals surface area contributed by atoms with Gasteiger partial charge in [-0.3, -0.25) is 0 Å². The highest BCUT2D eigenvalue weighted by atomic mass is 28.4. The molecule has 4 heteroatoms. The van der Waals surface area contributed by atoms with Crippen molar-refractivity contribution in [2.24, 2.45) is 0 Å². The van der Waals surface area contributed by atoms with Crippen LogP contribution in [0, 0.1) is 0 Å². The number of ether oxygens (including phenoxy) is 2.